The summed E-state index contributed by atoms with van der Waals surface area (Å²) < 4.78 is 16.3. The zero-order valence-electron chi connectivity index (χ0n) is 20.2. The number of methoxy groups -OCH3 is 1. The van der Waals surface area contributed by atoms with Crippen LogP contribution >= 0.6 is 0 Å². The maximum absolute atomic E-state index is 13.2. The van der Waals surface area contributed by atoms with Crippen LogP contribution in [0.5, 0.6) is 11.5 Å². The molecule has 1 amide bonds. The lowest BCUT2D eigenvalue weighted by atomic mass is 9.95. The number of ketones is 1. The van der Waals surface area contributed by atoms with Gasteiger partial charge >= 0.3 is 0 Å². The van der Waals surface area contributed by atoms with Crippen LogP contribution in [0.15, 0.2) is 54.1 Å². The Morgan fingerprint density at radius 2 is 1.66 bits per heavy atom. The van der Waals surface area contributed by atoms with Gasteiger partial charge in [0.1, 0.15) is 17.3 Å². The average molecular weight is 481 g/mol. The third-order valence-electron chi connectivity index (χ3n) is 6.33. The van der Waals surface area contributed by atoms with E-state index in [2.05, 4.69) is 4.90 Å². The lowest BCUT2D eigenvalue weighted by Gasteiger charge is -2.31. The molecule has 1 atom stereocenters. The van der Waals surface area contributed by atoms with E-state index in [1.807, 2.05) is 19.1 Å². The molecule has 2 fully saturated rings. The fourth-order valence-corrected chi connectivity index (χ4v) is 4.40. The third kappa shape index (κ3) is 5.49. The van der Waals surface area contributed by atoms with Crippen molar-refractivity contribution in [2.75, 3.05) is 53.1 Å². The largest absolute Gasteiger partial charge is 0.507 e. The second-order valence-electron chi connectivity index (χ2n) is 8.59. The number of carbonyl (C=O) groups is 2. The summed E-state index contributed by atoms with van der Waals surface area (Å²) in [5.41, 5.74) is 1.28. The maximum atomic E-state index is 13.2. The summed E-state index contributed by atoms with van der Waals surface area (Å²) in [6.45, 7) is 6.47. The highest BCUT2D eigenvalue weighted by Gasteiger charge is 2.46. The van der Waals surface area contributed by atoms with E-state index in [1.54, 1.807) is 48.4 Å². The molecule has 1 N–H and O–H groups in total. The number of likely N-dealkylation sites (tertiary alicyclic amines) is 1. The van der Waals surface area contributed by atoms with Gasteiger partial charge in [0.25, 0.3) is 11.7 Å². The van der Waals surface area contributed by atoms with Crippen molar-refractivity contribution >= 4 is 17.4 Å². The first-order chi connectivity index (χ1) is 17.0. The maximum Gasteiger partial charge on any atom is 0.295 e. The molecule has 0 bridgehead atoms. The SMILES string of the molecule is CCCOc1ccc(/C(O)=C2\C(=O)C(=O)N(CCN3CCOCC3)[C@H]2c2ccc(OC)cc2)cc1. The fraction of sp³-hybridized carbons (Fsp3) is 0.407. The predicted octanol–water partition coefficient (Wildman–Crippen LogP) is 3.24. The number of hydrogen-bond donors (Lipinski definition) is 1. The van der Waals surface area contributed by atoms with Gasteiger partial charge in [-0.25, -0.2) is 0 Å². The molecule has 0 unspecified atom stereocenters. The number of rotatable bonds is 9. The quantitative estimate of drug-likeness (QED) is 0.335. The van der Waals surface area contributed by atoms with E-state index in [0.717, 1.165) is 25.1 Å². The molecule has 8 heteroatoms. The minimum Gasteiger partial charge on any atom is -0.507 e. The van der Waals surface area contributed by atoms with Gasteiger partial charge in [-0.3, -0.25) is 14.5 Å². The number of benzene rings is 2. The Hall–Kier alpha value is -3.36. The van der Waals surface area contributed by atoms with Gasteiger partial charge in [0.2, 0.25) is 0 Å². The van der Waals surface area contributed by atoms with Crippen LogP contribution < -0.4 is 9.47 Å². The first-order valence-electron chi connectivity index (χ1n) is 12.0. The van der Waals surface area contributed by atoms with Crippen LogP contribution in [0, 0.1) is 0 Å². The zero-order chi connectivity index (χ0) is 24.8. The van der Waals surface area contributed by atoms with Crippen LogP contribution in [0.25, 0.3) is 5.76 Å². The summed E-state index contributed by atoms with van der Waals surface area (Å²) >= 11 is 0. The molecular formula is C27H32N2O6. The first-order valence-corrected chi connectivity index (χ1v) is 12.0. The number of amides is 1. The zero-order valence-corrected chi connectivity index (χ0v) is 20.2. The molecule has 35 heavy (non-hydrogen) atoms. The number of hydrogen-bond acceptors (Lipinski definition) is 7. The van der Waals surface area contributed by atoms with Crippen molar-refractivity contribution in [3.8, 4) is 11.5 Å². The van der Waals surface area contributed by atoms with Crippen molar-refractivity contribution in [1.82, 2.24) is 9.80 Å². The first kappa shape index (κ1) is 24.8. The Morgan fingerprint density at radius 3 is 2.29 bits per heavy atom. The van der Waals surface area contributed by atoms with Crippen LogP contribution in [0.1, 0.15) is 30.5 Å². The number of ether oxygens (including phenoxy) is 3. The van der Waals surface area contributed by atoms with E-state index in [0.29, 0.717) is 50.0 Å². The Balaban J connectivity index is 1.68. The number of morpholine rings is 1. The summed E-state index contributed by atoms with van der Waals surface area (Å²) in [6, 6.07) is 13.4. The van der Waals surface area contributed by atoms with Crippen molar-refractivity contribution in [2.45, 2.75) is 19.4 Å². The normalized spacial score (nSPS) is 20.3. The molecule has 0 saturated carbocycles. The topological polar surface area (TPSA) is 88.5 Å². The molecule has 8 nitrogen and oxygen atoms in total. The van der Waals surface area contributed by atoms with E-state index in [-0.39, 0.29) is 11.3 Å². The standard InChI is InChI=1S/C27H32N2O6/c1-3-16-35-22-10-6-20(7-11-22)25(30)23-24(19-4-8-21(33-2)9-5-19)29(27(32)26(23)31)13-12-28-14-17-34-18-15-28/h4-11,24,30H,3,12-18H2,1-2H3/b25-23+/t24-/m0/s1. The lowest BCUT2D eigenvalue weighted by Crippen LogP contribution is -2.42. The number of carbonyl (C=O) groups excluding carboxylic acids is 2. The minimum absolute atomic E-state index is 0.0874. The van der Waals surface area contributed by atoms with Gasteiger partial charge in [0, 0.05) is 31.7 Å². The second kappa shape index (κ2) is 11.4. The van der Waals surface area contributed by atoms with E-state index in [9.17, 15) is 14.7 Å². The van der Waals surface area contributed by atoms with Gasteiger partial charge < -0.3 is 24.2 Å². The van der Waals surface area contributed by atoms with Crippen molar-refractivity contribution in [2.24, 2.45) is 0 Å². The van der Waals surface area contributed by atoms with Gasteiger partial charge in [0.15, 0.2) is 0 Å². The number of aliphatic hydroxyl groups excluding tert-OH is 1. The molecule has 0 spiro atoms. The highest BCUT2D eigenvalue weighted by Crippen LogP contribution is 2.39. The lowest BCUT2D eigenvalue weighted by molar-refractivity contribution is -0.140. The van der Waals surface area contributed by atoms with Crippen molar-refractivity contribution in [3.05, 3.63) is 65.2 Å². The van der Waals surface area contributed by atoms with E-state index in [4.69, 9.17) is 14.2 Å². The van der Waals surface area contributed by atoms with Crippen LogP contribution in [-0.4, -0.2) is 79.7 Å². The molecule has 0 aromatic heterocycles. The molecule has 2 aromatic rings. The Morgan fingerprint density at radius 1 is 1.00 bits per heavy atom. The molecule has 186 valence electrons. The van der Waals surface area contributed by atoms with Crippen molar-refractivity contribution in [1.29, 1.82) is 0 Å². The van der Waals surface area contributed by atoms with Gasteiger partial charge in [-0.1, -0.05) is 19.1 Å². The third-order valence-corrected chi connectivity index (χ3v) is 6.33. The van der Waals surface area contributed by atoms with Gasteiger partial charge in [-0.15, -0.1) is 0 Å². The molecule has 2 heterocycles. The Labute approximate surface area is 205 Å². The highest BCUT2D eigenvalue weighted by atomic mass is 16.5. The summed E-state index contributed by atoms with van der Waals surface area (Å²) in [5.74, 6) is -0.136. The highest BCUT2D eigenvalue weighted by molar-refractivity contribution is 6.46. The number of aliphatic hydroxyl groups is 1. The molecule has 2 saturated heterocycles. The van der Waals surface area contributed by atoms with E-state index < -0.39 is 17.7 Å². The smallest absolute Gasteiger partial charge is 0.295 e. The van der Waals surface area contributed by atoms with Gasteiger partial charge in [-0.05, 0) is 48.4 Å². The molecule has 2 aliphatic rings. The molecule has 0 radical (unpaired) electrons. The summed E-state index contributed by atoms with van der Waals surface area (Å²) in [7, 11) is 1.58. The molecule has 2 aromatic carbocycles. The predicted molar refractivity (Wildman–Crippen MR) is 131 cm³/mol. The van der Waals surface area contributed by atoms with E-state index in [1.165, 1.54) is 0 Å². The molecule has 2 aliphatic heterocycles. The van der Waals surface area contributed by atoms with Crippen molar-refractivity contribution < 1.29 is 28.9 Å². The Kier molecular flexibility index (Phi) is 8.05. The summed E-state index contributed by atoms with van der Waals surface area (Å²) in [6.07, 6.45) is 0.886. The minimum atomic E-state index is -0.696. The van der Waals surface area contributed by atoms with Gasteiger partial charge in [0.05, 0.1) is 38.5 Å². The summed E-state index contributed by atoms with van der Waals surface area (Å²) in [5, 5.41) is 11.2. The van der Waals surface area contributed by atoms with Crippen LogP contribution in [0.4, 0.5) is 0 Å². The van der Waals surface area contributed by atoms with Crippen LogP contribution in [0.3, 0.4) is 0 Å². The Bertz CT molecular complexity index is 1060. The fourth-order valence-electron chi connectivity index (χ4n) is 4.40. The molecular weight excluding hydrogens is 448 g/mol. The van der Waals surface area contributed by atoms with E-state index >= 15 is 0 Å². The summed E-state index contributed by atoms with van der Waals surface area (Å²) in [4.78, 5) is 30.1. The van der Waals surface area contributed by atoms with Crippen LogP contribution in [0.2, 0.25) is 0 Å². The number of Topliss-reactive ketones (excluding diaryl/α,β-unsaturated/α-hetero) is 1. The van der Waals surface area contributed by atoms with Crippen molar-refractivity contribution in [3.63, 3.8) is 0 Å². The molecule has 4 rings (SSSR count). The monoisotopic (exact) mass is 480 g/mol. The van der Waals surface area contributed by atoms with Gasteiger partial charge in [-0.2, -0.15) is 0 Å². The second-order valence-corrected chi connectivity index (χ2v) is 8.59. The average Bonchev–Trinajstić information content (AvgIpc) is 3.16. The number of nitrogens with zero attached hydrogens (tertiary/aromatic N) is 2. The molecule has 0 aliphatic carbocycles. The van der Waals surface area contributed by atoms with Crippen LogP contribution in [-0.2, 0) is 14.3 Å².